The third kappa shape index (κ3) is 18.2. The van der Waals surface area contributed by atoms with Crippen LogP contribution in [0.4, 0.5) is 0 Å². The number of hydrogen-bond donors (Lipinski definition) is 0. The first kappa shape index (κ1) is 35.8. The van der Waals surface area contributed by atoms with E-state index < -0.39 is 0 Å². The summed E-state index contributed by atoms with van der Waals surface area (Å²) < 4.78 is -0.0213. The van der Waals surface area contributed by atoms with Gasteiger partial charge >= 0.3 is 0 Å². The van der Waals surface area contributed by atoms with Crippen molar-refractivity contribution in [2.75, 3.05) is 39.3 Å². The van der Waals surface area contributed by atoms with Crippen LogP contribution in [0, 0.1) is 34.1 Å². The summed E-state index contributed by atoms with van der Waals surface area (Å²) >= 11 is 0. The molecule has 0 radical (unpaired) electrons. The van der Waals surface area contributed by atoms with Crippen molar-refractivity contribution in [3.8, 4) is 0 Å². The van der Waals surface area contributed by atoms with E-state index in [0.717, 1.165) is 49.6 Å². The van der Waals surface area contributed by atoms with Crippen LogP contribution in [-0.4, -0.2) is 48.6 Å². The van der Waals surface area contributed by atoms with Crippen molar-refractivity contribution in [3.05, 3.63) is 10.4 Å². The van der Waals surface area contributed by atoms with Gasteiger partial charge in [-0.1, -0.05) is 91.9 Å². The van der Waals surface area contributed by atoms with E-state index in [1.54, 1.807) is 0 Å². The summed E-state index contributed by atoms with van der Waals surface area (Å²) in [5.41, 5.74) is 0. The summed E-state index contributed by atoms with van der Waals surface area (Å²) in [5.74, 6) is 3.22. The maximum atomic E-state index is 12.4. The zero-order chi connectivity index (χ0) is 27.5. The quantitative estimate of drug-likeness (QED) is 0.0694. The average Bonchev–Trinajstić information content (AvgIpc) is 2.86. The summed E-state index contributed by atoms with van der Waals surface area (Å²) in [6, 6.07) is 0. The molecule has 0 spiro atoms. The number of hydrogen-bond acceptors (Lipinski definition) is 2. The third-order valence-electron chi connectivity index (χ3n) is 9.26. The first-order valence-electron chi connectivity index (χ1n) is 16.2. The lowest BCUT2D eigenvalue weighted by Crippen LogP contribution is -2.42. The Balaban J connectivity index is 3.72. The fourth-order valence-electron chi connectivity index (χ4n) is 5.73. The number of nitrogens with zero attached hydrogens (tertiary/aromatic N) is 2. The monoisotopic (exact) mass is 513 g/mol. The van der Waals surface area contributed by atoms with Crippen LogP contribution < -0.4 is 0 Å². The topological polar surface area (TPSA) is 46.1 Å². The van der Waals surface area contributed by atoms with Crippen molar-refractivity contribution in [2.45, 2.75) is 145 Å². The summed E-state index contributed by atoms with van der Waals surface area (Å²) in [5, 5.41) is 24.8. The SMILES string of the molecule is CC[N+]([O-])(CC)CCCC(C)CCCC(C)CCCCC(C)CCCC(C)CCC[N+]([O-])(CC)CC. The van der Waals surface area contributed by atoms with E-state index in [1.807, 2.05) is 27.7 Å². The molecule has 0 aromatic carbocycles. The molecule has 4 heteroatoms. The van der Waals surface area contributed by atoms with Crippen LogP contribution in [-0.2, 0) is 0 Å². The Kier molecular flexibility index (Phi) is 20.7. The Bertz CT molecular complexity index is 447. The van der Waals surface area contributed by atoms with Gasteiger partial charge in [-0.3, -0.25) is 0 Å². The van der Waals surface area contributed by atoms with Crippen LogP contribution in [0.5, 0.6) is 0 Å². The zero-order valence-corrected chi connectivity index (χ0v) is 26.2. The Morgan fingerprint density at radius 3 is 0.861 bits per heavy atom. The second-order valence-corrected chi connectivity index (χ2v) is 12.7. The minimum Gasteiger partial charge on any atom is -0.633 e. The second kappa shape index (κ2) is 20.8. The molecule has 4 atom stereocenters. The molecule has 218 valence electrons. The highest BCUT2D eigenvalue weighted by Crippen LogP contribution is 2.24. The molecule has 0 aliphatic rings. The average molecular weight is 513 g/mol. The number of rotatable bonds is 25. The highest BCUT2D eigenvalue weighted by Gasteiger charge is 2.14. The molecule has 0 bridgehead atoms. The van der Waals surface area contributed by atoms with Crippen LogP contribution in [0.25, 0.3) is 0 Å². The molecule has 0 aromatic rings. The van der Waals surface area contributed by atoms with Crippen molar-refractivity contribution in [1.82, 2.24) is 0 Å². The molecule has 4 unspecified atom stereocenters. The van der Waals surface area contributed by atoms with Gasteiger partial charge < -0.3 is 19.7 Å². The summed E-state index contributed by atoms with van der Waals surface area (Å²) in [6.45, 7) is 22.2. The Labute approximate surface area is 227 Å². The van der Waals surface area contributed by atoms with Crippen LogP contribution >= 0.6 is 0 Å². The number of unbranched alkanes of at least 4 members (excludes halogenated alkanes) is 1. The predicted octanol–water partition coefficient (Wildman–Crippen LogP) is 9.70. The van der Waals surface area contributed by atoms with Crippen LogP contribution in [0.1, 0.15) is 145 Å². The minimum atomic E-state index is -0.0107. The van der Waals surface area contributed by atoms with Gasteiger partial charge in [0.05, 0.1) is 39.3 Å². The van der Waals surface area contributed by atoms with Crippen LogP contribution in [0.15, 0.2) is 0 Å². The third-order valence-corrected chi connectivity index (χ3v) is 9.26. The molecule has 0 rings (SSSR count). The van der Waals surface area contributed by atoms with E-state index in [4.69, 9.17) is 0 Å². The van der Waals surface area contributed by atoms with Gasteiger partial charge in [-0.15, -0.1) is 0 Å². The molecule has 0 amide bonds. The van der Waals surface area contributed by atoms with Crippen molar-refractivity contribution >= 4 is 0 Å². The van der Waals surface area contributed by atoms with Crippen molar-refractivity contribution < 1.29 is 9.29 Å². The molecule has 4 nitrogen and oxygen atoms in total. The fourth-order valence-corrected chi connectivity index (χ4v) is 5.73. The Morgan fingerprint density at radius 1 is 0.389 bits per heavy atom. The van der Waals surface area contributed by atoms with Gasteiger partial charge in [-0.25, -0.2) is 0 Å². The Morgan fingerprint density at radius 2 is 0.611 bits per heavy atom. The molecule has 0 fully saturated rings. The van der Waals surface area contributed by atoms with Crippen molar-refractivity contribution in [2.24, 2.45) is 23.7 Å². The predicted molar refractivity (Wildman–Crippen MR) is 160 cm³/mol. The van der Waals surface area contributed by atoms with Crippen LogP contribution in [0.2, 0.25) is 0 Å². The lowest BCUT2D eigenvalue weighted by atomic mass is 9.90. The molecule has 0 saturated carbocycles. The second-order valence-electron chi connectivity index (χ2n) is 12.7. The number of hydroxylamine groups is 6. The number of quaternary nitrogens is 2. The van der Waals surface area contributed by atoms with E-state index >= 15 is 0 Å². The van der Waals surface area contributed by atoms with E-state index in [-0.39, 0.29) is 9.29 Å². The maximum absolute atomic E-state index is 12.4. The summed E-state index contributed by atoms with van der Waals surface area (Å²) in [7, 11) is 0. The van der Waals surface area contributed by atoms with Gasteiger partial charge in [-0.05, 0) is 77.0 Å². The lowest BCUT2D eigenvalue weighted by molar-refractivity contribution is -0.877. The molecule has 0 aliphatic carbocycles. The Hall–Kier alpha value is -0.160. The van der Waals surface area contributed by atoms with E-state index in [2.05, 4.69) is 27.7 Å². The van der Waals surface area contributed by atoms with Gasteiger partial charge in [0.15, 0.2) is 0 Å². The van der Waals surface area contributed by atoms with Gasteiger partial charge in [0.2, 0.25) is 0 Å². The van der Waals surface area contributed by atoms with Crippen molar-refractivity contribution in [1.29, 1.82) is 0 Å². The smallest absolute Gasteiger partial charge is 0.0783 e. The minimum absolute atomic E-state index is 0.0107. The highest BCUT2D eigenvalue weighted by molar-refractivity contribution is 4.62. The van der Waals surface area contributed by atoms with Gasteiger partial charge in [-0.2, -0.15) is 0 Å². The van der Waals surface area contributed by atoms with Gasteiger partial charge in [0, 0.05) is 0 Å². The molecule has 0 aromatic heterocycles. The normalized spacial score (nSPS) is 16.2. The van der Waals surface area contributed by atoms with Gasteiger partial charge in [0.25, 0.3) is 0 Å². The molecule has 0 saturated heterocycles. The van der Waals surface area contributed by atoms with E-state index in [9.17, 15) is 10.4 Å². The van der Waals surface area contributed by atoms with Crippen LogP contribution in [0.3, 0.4) is 0 Å². The first-order valence-corrected chi connectivity index (χ1v) is 16.2. The highest BCUT2D eigenvalue weighted by atomic mass is 16.5. The standard InChI is InChI=1S/C32H68N2O2/c1-9-33(35,10-2)27-17-25-31(7)23-15-21-29(5)19-13-14-20-30(6)22-16-24-32(8)26-18-28-34(36,11-3)12-4/h29-32H,9-28H2,1-8H3. The zero-order valence-electron chi connectivity index (χ0n) is 26.2. The van der Waals surface area contributed by atoms with Gasteiger partial charge in [0.1, 0.15) is 0 Å². The molecule has 0 aliphatic heterocycles. The van der Waals surface area contributed by atoms with E-state index in [0.29, 0.717) is 26.2 Å². The molecular formula is C32H68N2O2. The summed E-state index contributed by atoms with van der Waals surface area (Å²) in [4.78, 5) is 0. The molecule has 36 heavy (non-hydrogen) atoms. The summed E-state index contributed by atoms with van der Waals surface area (Å²) in [6.07, 6.45) is 18.2. The lowest BCUT2D eigenvalue weighted by Gasteiger charge is -2.41. The largest absolute Gasteiger partial charge is 0.633 e. The fraction of sp³-hybridized carbons (Fsp3) is 1.00. The van der Waals surface area contributed by atoms with Crippen molar-refractivity contribution in [3.63, 3.8) is 0 Å². The molecular weight excluding hydrogens is 444 g/mol. The maximum Gasteiger partial charge on any atom is 0.0783 e. The molecule has 0 heterocycles. The first-order chi connectivity index (χ1) is 17.0. The molecule has 0 N–H and O–H groups in total. The van der Waals surface area contributed by atoms with E-state index in [1.165, 1.54) is 77.0 Å².